The highest BCUT2D eigenvalue weighted by Gasteiger charge is 2.12. The first-order valence-electron chi connectivity index (χ1n) is 7.93. The predicted molar refractivity (Wildman–Crippen MR) is 96.2 cm³/mol. The van der Waals surface area contributed by atoms with Gasteiger partial charge >= 0.3 is 5.97 Å². The summed E-state index contributed by atoms with van der Waals surface area (Å²) >= 11 is 0. The Labute approximate surface area is 160 Å². The van der Waals surface area contributed by atoms with Gasteiger partial charge in [0.25, 0.3) is 0 Å². The van der Waals surface area contributed by atoms with Crippen LogP contribution in [-0.4, -0.2) is 46.0 Å². The van der Waals surface area contributed by atoms with Crippen LogP contribution < -0.4 is 9.47 Å². The largest absolute Gasteiger partial charge is 0.485 e. The fourth-order valence-corrected chi connectivity index (χ4v) is 2.89. The van der Waals surface area contributed by atoms with E-state index in [4.69, 9.17) is 9.47 Å². The van der Waals surface area contributed by atoms with Crippen LogP contribution in [0.4, 0.5) is 0 Å². The lowest BCUT2D eigenvalue weighted by molar-refractivity contribution is 0.0696. The summed E-state index contributed by atoms with van der Waals surface area (Å²) in [4.78, 5) is 12.8. The quantitative estimate of drug-likeness (QED) is 0.624. The number of aryl methyl sites for hydroxylation is 1. The van der Waals surface area contributed by atoms with Gasteiger partial charge in [-0.2, -0.15) is 4.80 Å². The van der Waals surface area contributed by atoms with Crippen LogP contribution in [0.15, 0.2) is 47.4 Å². The normalized spacial score (nSPS) is 11.2. The van der Waals surface area contributed by atoms with Crippen molar-refractivity contribution in [2.24, 2.45) is 7.05 Å². The summed E-state index contributed by atoms with van der Waals surface area (Å²) < 4.78 is 34.2. The van der Waals surface area contributed by atoms with Crippen LogP contribution >= 0.6 is 0 Å². The van der Waals surface area contributed by atoms with Crippen molar-refractivity contribution >= 4 is 15.8 Å². The lowest BCUT2D eigenvalue weighted by atomic mass is 10.2. The first-order chi connectivity index (χ1) is 13.2. The van der Waals surface area contributed by atoms with Gasteiger partial charge in [-0.3, -0.25) is 0 Å². The zero-order valence-electron chi connectivity index (χ0n) is 14.9. The van der Waals surface area contributed by atoms with E-state index in [-0.39, 0.29) is 28.6 Å². The molecule has 0 aliphatic heterocycles. The minimum absolute atomic E-state index is 0.000586. The van der Waals surface area contributed by atoms with Gasteiger partial charge < -0.3 is 14.6 Å². The van der Waals surface area contributed by atoms with E-state index >= 15 is 0 Å². The average molecular weight is 404 g/mol. The highest BCUT2D eigenvalue weighted by atomic mass is 32.2. The van der Waals surface area contributed by atoms with Crippen molar-refractivity contribution in [2.75, 3.05) is 6.26 Å². The number of tetrazole rings is 1. The van der Waals surface area contributed by atoms with Crippen LogP contribution in [0.5, 0.6) is 17.2 Å². The Morgan fingerprint density at radius 1 is 1.11 bits per heavy atom. The molecular formula is C17H16N4O6S. The SMILES string of the molecule is Cn1nnc(COc2cc(Oc3ccc(S(C)(=O)=O)cc3)cc(C(=O)O)c2)n1. The maximum atomic E-state index is 11.5. The van der Waals surface area contributed by atoms with Crippen molar-refractivity contribution in [1.82, 2.24) is 20.2 Å². The van der Waals surface area contributed by atoms with E-state index in [0.717, 1.165) is 6.26 Å². The third-order valence-electron chi connectivity index (χ3n) is 3.53. The molecule has 0 amide bonds. The second-order valence-electron chi connectivity index (χ2n) is 5.83. The first-order valence-corrected chi connectivity index (χ1v) is 9.82. The Kier molecular flexibility index (Phi) is 5.27. The molecule has 0 atom stereocenters. The van der Waals surface area contributed by atoms with E-state index in [1.165, 1.54) is 47.3 Å². The monoisotopic (exact) mass is 404 g/mol. The number of hydrogen-bond acceptors (Lipinski definition) is 8. The molecule has 3 rings (SSSR count). The lowest BCUT2D eigenvalue weighted by Crippen LogP contribution is -2.02. The molecule has 28 heavy (non-hydrogen) atoms. The number of hydrogen-bond donors (Lipinski definition) is 1. The number of aromatic carboxylic acids is 1. The number of ether oxygens (including phenoxy) is 2. The molecule has 0 fully saturated rings. The van der Waals surface area contributed by atoms with Crippen molar-refractivity contribution in [3.8, 4) is 17.2 Å². The zero-order chi connectivity index (χ0) is 20.3. The highest BCUT2D eigenvalue weighted by Crippen LogP contribution is 2.28. The van der Waals surface area contributed by atoms with Crippen LogP contribution in [0.3, 0.4) is 0 Å². The molecule has 1 aromatic heterocycles. The van der Waals surface area contributed by atoms with Crippen molar-refractivity contribution in [2.45, 2.75) is 11.5 Å². The molecule has 0 saturated carbocycles. The van der Waals surface area contributed by atoms with Gasteiger partial charge in [0.1, 0.15) is 17.2 Å². The summed E-state index contributed by atoms with van der Waals surface area (Å²) in [5, 5.41) is 20.7. The molecule has 0 unspecified atom stereocenters. The average Bonchev–Trinajstić information content (AvgIpc) is 3.05. The van der Waals surface area contributed by atoms with Crippen LogP contribution in [0.2, 0.25) is 0 Å². The van der Waals surface area contributed by atoms with Gasteiger partial charge in [0, 0.05) is 12.3 Å². The Morgan fingerprint density at radius 3 is 2.36 bits per heavy atom. The van der Waals surface area contributed by atoms with Gasteiger partial charge in [0.2, 0.25) is 5.82 Å². The van der Waals surface area contributed by atoms with Crippen molar-refractivity contribution < 1.29 is 27.8 Å². The minimum atomic E-state index is -3.32. The lowest BCUT2D eigenvalue weighted by Gasteiger charge is -2.10. The van der Waals surface area contributed by atoms with E-state index < -0.39 is 15.8 Å². The van der Waals surface area contributed by atoms with E-state index in [1.807, 2.05) is 0 Å². The molecule has 0 aliphatic carbocycles. The van der Waals surface area contributed by atoms with Gasteiger partial charge in [-0.05, 0) is 41.6 Å². The third-order valence-corrected chi connectivity index (χ3v) is 4.66. The Hall–Kier alpha value is -3.47. The molecule has 10 nitrogen and oxygen atoms in total. The summed E-state index contributed by atoms with van der Waals surface area (Å²) in [5.41, 5.74) is -0.0349. The number of nitrogens with zero attached hydrogens (tertiary/aromatic N) is 4. The van der Waals surface area contributed by atoms with Crippen LogP contribution in [-0.2, 0) is 23.5 Å². The maximum absolute atomic E-state index is 11.5. The highest BCUT2D eigenvalue weighted by molar-refractivity contribution is 7.90. The number of aromatic nitrogens is 4. The molecule has 146 valence electrons. The van der Waals surface area contributed by atoms with Crippen molar-refractivity contribution in [3.63, 3.8) is 0 Å². The first kappa shape index (κ1) is 19.3. The Bertz CT molecular complexity index is 1110. The molecule has 0 radical (unpaired) electrons. The molecule has 1 N–H and O–H groups in total. The van der Waals surface area contributed by atoms with Crippen molar-refractivity contribution in [1.29, 1.82) is 0 Å². The van der Waals surface area contributed by atoms with E-state index in [0.29, 0.717) is 11.6 Å². The molecular weight excluding hydrogens is 388 g/mol. The fraction of sp³-hybridized carbons (Fsp3) is 0.176. The fourth-order valence-electron chi connectivity index (χ4n) is 2.26. The van der Waals surface area contributed by atoms with Gasteiger partial charge in [0.15, 0.2) is 16.4 Å². The molecule has 1 heterocycles. The van der Waals surface area contributed by atoms with Gasteiger partial charge in [-0.1, -0.05) is 0 Å². The Morgan fingerprint density at radius 2 is 1.79 bits per heavy atom. The van der Waals surface area contributed by atoms with Gasteiger partial charge in [-0.15, -0.1) is 10.2 Å². The molecule has 0 spiro atoms. The topological polar surface area (TPSA) is 134 Å². The Balaban J connectivity index is 1.81. The van der Waals surface area contributed by atoms with Crippen LogP contribution in [0.1, 0.15) is 16.2 Å². The second kappa shape index (κ2) is 7.64. The third kappa shape index (κ3) is 4.82. The summed E-state index contributed by atoms with van der Waals surface area (Å²) in [6.07, 6.45) is 1.11. The molecule has 0 aliphatic rings. The number of carboxylic acids is 1. The van der Waals surface area contributed by atoms with Crippen molar-refractivity contribution in [3.05, 3.63) is 53.9 Å². The van der Waals surface area contributed by atoms with Gasteiger partial charge in [0.05, 0.1) is 17.5 Å². The summed E-state index contributed by atoms with van der Waals surface area (Å²) in [5.74, 6) is -0.0110. The smallest absolute Gasteiger partial charge is 0.335 e. The van der Waals surface area contributed by atoms with Gasteiger partial charge in [-0.25, -0.2) is 13.2 Å². The number of carboxylic acid groups (broad SMARTS) is 1. The molecule has 2 aromatic carbocycles. The van der Waals surface area contributed by atoms with E-state index in [9.17, 15) is 18.3 Å². The van der Waals surface area contributed by atoms with Crippen LogP contribution in [0, 0.1) is 0 Å². The minimum Gasteiger partial charge on any atom is -0.485 e. The summed E-state index contributed by atoms with van der Waals surface area (Å²) in [6, 6.07) is 9.96. The second-order valence-corrected chi connectivity index (χ2v) is 7.84. The number of rotatable bonds is 7. The summed E-state index contributed by atoms with van der Waals surface area (Å²) in [6.45, 7) is -0.000586. The van der Waals surface area contributed by atoms with E-state index in [1.54, 1.807) is 7.05 Å². The zero-order valence-corrected chi connectivity index (χ0v) is 15.8. The molecule has 11 heteroatoms. The number of sulfone groups is 1. The number of benzene rings is 2. The maximum Gasteiger partial charge on any atom is 0.335 e. The van der Waals surface area contributed by atoms with Crippen LogP contribution in [0.25, 0.3) is 0 Å². The molecule has 3 aromatic rings. The predicted octanol–water partition coefficient (Wildman–Crippen LogP) is 1.68. The summed E-state index contributed by atoms with van der Waals surface area (Å²) in [7, 11) is -1.71. The van der Waals surface area contributed by atoms with E-state index in [2.05, 4.69) is 15.4 Å². The number of carbonyl (C=O) groups is 1. The molecule has 0 saturated heterocycles. The standard InChI is InChI=1S/C17H16N4O6S/c1-21-19-16(18-20-21)10-26-13-7-11(17(22)23)8-14(9-13)27-12-3-5-15(6-4-12)28(2,24)25/h3-9H,10H2,1-2H3,(H,22,23). The molecule has 0 bridgehead atoms.